The van der Waals surface area contributed by atoms with E-state index < -0.39 is 127 Å². The second-order valence-electron chi connectivity index (χ2n) is 19.7. The Morgan fingerprint density at radius 3 is 2.40 bits per heavy atom. The summed E-state index contributed by atoms with van der Waals surface area (Å²) in [7, 11) is 0. The zero-order chi connectivity index (χ0) is 47.4. The minimum atomic E-state index is -1.59. The first-order chi connectivity index (χ1) is 32.0. The number of hydrogen-bond donors (Lipinski definition) is 6. The molecule has 2 amide bonds. The third-order valence-corrected chi connectivity index (χ3v) is 14.1. The second kappa shape index (κ2) is 18.8. The van der Waals surface area contributed by atoms with Crippen LogP contribution in [0.5, 0.6) is 0 Å². The molecule has 2 aliphatic carbocycles. The van der Waals surface area contributed by atoms with Gasteiger partial charge >= 0.3 is 11.9 Å². The van der Waals surface area contributed by atoms with E-state index in [-0.39, 0.29) is 39.0 Å². The van der Waals surface area contributed by atoms with E-state index in [1.807, 2.05) is 48.5 Å². The molecule has 6 N–H and O–H groups in total. The first-order valence-corrected chi connectivity index (χ1v) is 23.2. The van der Waals surface area contributed by atoms with Crippen molar-refractivity contribution in [3.8, 4) is 0 Å². The monoisotopic (exact) mass is 935 g/mol. The third kappa shape index (κ3) is 9.04. The van der Waals surface area contributed by atoms with Crippen molar-refractivity contribution in [3.63, 3.8) is 0 Å². The van der Waals surface area contributed by atoms with Gasteiger partial charge in [-0.25, -0.2) is 0 Å². The van der Waals surface area contributed by atoms with E-state index in [1.54, 1.807) is 32.9 Å². The highest BCUT2D eigenvalue weighted by atomic mass is 16.8. The fourth-order valence-electron chi connectivity index (χ4n) is 11.0. The molecule has 2 aromatic rings. The molecule has 6 fully saturated rings. The maximum atomic E-state index is 15.6. The van der Waals surface area contributed by atoms with Crippen LogP contribution in [-0.2, 0) is 71.8 Å². The highest BCUT2D eigenvalue weighted by molar-refractivity contribution is 5.96. The van der Waals surface area contributed by atoms with Crippen LogP contribution >= 0.6 is 0 Å². The summed E-state index contributed by atoms with van der Waals surface area (Å²) in [6.45, 7) is 4.38. The van der Waals surface area contributed by atoms with Crippen molar-refractivity contribution in [1.82, 2.24) is 15.3 Å². The van der Waals surface area contributed by atoms with Gasteiger partial charge in [0.1, 0.15) is 65.9 Å². The summed E-state index contributed by atoms with van der Waals surface area (Å²) in [5, 5.41) is 54.9. The number of esters is 2. The number of carbonyl (C=O) groups is 4. The average molecular weight is 936 g/mol. The van der Waals surface area contributed by atoms with E-state index in [9.17, 15) is 39.9 Å². The van der Waals surface area contributed by atoms with Gasteiger partial charge < -0.3 is 64.2 Å². The Kier molecular flexibility index (Phi) is 13.4. The van der Waals surface area contributed by atoms with Crippen molar-refractivity contribution in [1.29, 1.82) is 0 Å². The van der Waals surface area contributed by atoms with Crippen molar-refractivity contribution in [2.45, 2.75) is 157 Å². The predicted octanol–water partition coefficient (Wildman–Crippen LogP) is 0.185. The third-order valence-electron chi connectivity index (χ3n) is 14.1. The Bertz CT molecular complexity index is 2190. The Labute approximate surface area is 387 Å². The highest BCUT2D eigenvalue weighted by Gasteiger charge is 2.77. The molecule has 19 heteroatoms. The number of nitrogens with one attached hydrogen (secondary N) is 1. The van der Waals surface area contributed by atoms with E-state index in [0.29, 0.717) is 36.8 Å². The number of ether oxygens (including phenoxy) is 6. The molecule has 13 atom stereocenters. The van der Waals surface area contributed by atoms with Crippen molar-refractivity contribution in [2.75, 3.05) is 26.4 Å². The van der Waals surface area contributed by atoms with Gasteiger partial charge in [0.2, 0.25) is 11.8 Å². The Balaban J connectivity index is 0.976. The Hall–Kier alpha value is -4.38. The molecule has 1 spiro atoms. The molecule has 2 bridgehead atoms. The van der Waals surface area contributed by atoms with Crippen LogP contribution in [0.2, 0.25) is 0 Å². The summed E-state index contributed by atoms with van der Waals surface area (Å²) in [6.07, 6.45) is -5.33. The van der Waals surface area contributed by atoms with E-state index in [0.717, 1.165) is 11.1 Å². The molecule has 7 aliphatic rings. The number of hydrogen-bond acceptors (Lipinski definition) is 17. The maximum absolute atomic E-state index is 15.6. The van der Waals surface area contributed by atoms with Crippen molar-refractivity contribution < 1.29 is 78.0 Å². The van der Waals surface area contributed by atoms with Gasteiger partial charge in [-0.15, -0.1) is 0 Å². The van der Waals surface area contributed by atoms with Crippen molar-refractivity contribution >= 4 is 29.8 Å². The van der Waals surface area contributed by atoms with Crippen molar-refractivity contribution in [2.24, 2.45) is 5.41 Å². The zero-order valence-electron chi connectivity index (χ0n) is 37.8. The minimum absolute atomic E-state index is 0.0125. The summed E-state index contributed by atoms with van der Waals surface area (Å²) in [5.41, 5.74) is 1.27. The van der Waals surface area contributed by atoms with E-state index in [4.69, 9.17) is 33.3 Å². The number of aliphatic hydroxyl groups excluding tert-OH is 5. The second-order valence-corrected chi connectivity index (χ2v) is 19.7. The van der Waals surface area contributed by atoms with Gasteiger partial charge in [-0.2, -0.15) is 5.06 Å². The summed E-state index contributed by atoms with van der Waals surface area (Å²) < 4.78 is 36.5. The van der Waals surface area contributed by atoms with Gasteiger partial charge in [0, 0.05) is 32.2 Å². The summed E-state index contributed by atoms with van der Waals surface area (Å²) in [5.74, 6) is -3.16. The summed E-state index contributed by atoms with van der Waals surface area (Å²) in [6, 6.07) is 12.3. The number of aliphatic hydroxyl groups is 5. The van der Waals surface area contributed by atoms with Crippen LogP contribution in [0.15, 0.2) is 54.6 Å². The topological polar surface area (TPSA) is 253 Å². The van der Waals surface area contributed by atoms with Gasteiger partial charge in [0.05, 0.1) is 32.4 Å². The lowest BCUT2D eigenvalue weighted by atomic mass is 9.62. The largest absolute Gasteiger partial charge is 0.460 e. The molecule has 5 heterocycles. The molecule has 9 rings (SSSR count). The zero-order valence-corrected chi connectivity index (χ0v) is 37.8. The van der Waals surface area contributed by atoms with Gasteiger partial charge in [0.25, 0.3) is 0 Å². The maximum Gasteiger partial charge on any atom is 0.327 e. The van der Waals surface area contributed by atoms with E-state index >= 15 is 4.79 Å². The number of hydroxylamine groups is 2. The van der Waals surface area contributed by atoms with Crippen LogP contribution in [0.3, 0.4) is 0 Å². The quantitative estimate of drug-likeness (QED) is 0.138. The van der Waals surface area contributed by atoms with Crippen LogP contribution in [0.25, 0.3) is 6.08 Å². The Morgan fingerprint density at radius 1 is 0.970 bits per heavy atom. The normalized spacial score (nSPS) is 34.5. The number of benzene rings is 2. The molecular formula is C48H61N3O16. The minimum Gasteiger partial charge on any atom is -0.460 e. The number of fused-ring (bicyclic) bond motifs is 5. The van der Waals surface area contributed by atoms with Crippen molar-refractivity contribution in [3.05, 3.63) is 76.9 Å². The molecule has 364 valence electrons. The van der Waals surface area contributed by atoms with Gasteiger partial charge in [-0.1, -0.05) is 60.7 Å². The molecule has 1 saturated carbocycles. The molecule has 0 aromatic heterocycles. The standard InChI is InChI=1S/C48H61N3O16/c1-46(2,3)64-34(54)17-16-30(24-52)49-42(58)31-15-8-18-50(31)45(60)48-22-32-38-39(66-47(65-38)20-27-11-5-6-12-28(27)21-47)41(48)67-51(40(48)43(59)62-32)23-29-13-7-4-10-26(29)14-9-19-61-44-37(57)36(56)35(55)33(25-53)63-44/h4-7,9-14,30-33,35-41,44,52-53,55-57H,8,15-25H2,1-3H3,(H,49,58)/t30-,31+,32+,33+,35-,36-,37+,38-,39-,40-,41+,44-,48-/m0/s1. The van der Waals surface area contributed by atoms with Gasteiger partial charge in [0.15, 0.2) is 18.1 Å². The van der Waals surface area contributed by atoms with E-state index in [1.165, 1.54) is 9.96 Å². The number of amides is 2. The van der Waals surface area contributed by atoms with Gasteiger partial charge in [-0.05, 0) is 62.3 Å². The van der Waals surface area contributed by atoms with Gasteiger partial charge in [-0.3, -0.25) is 24.0 Å². The summed E-state index contributed by atoms with van der Waals surface area (Å²) >= 11 is 0. The molecule has 0 radical (unpaired) electrons. The lowest BCUT2D eigenvalue weighted by Gasteiger charge is -2.50. The predicted molar refractivity (Wildman–Crippen MR) is 231 cm³/mol. The lowest BCUT2D eigenvalue weighted by molar-refractivity contribution is -0.298. The number of rotatable bonds is 14. The molecular weight excluding hydrogens is 875 g/mol. The Morgan fingerprint density at radius 2 is 1.69 bits per heavy atom. The number of likely N-dealkylation sites (tertiary alicyclic amines) is 1. The SMILES string of the molecule is CC(C)(C)OC(=O)CC[C@@H](CO)NC(=O)[C@H]1CCCN1C(=O)[C@@]12C[C@H]3OC(=O)[C@@H]1N(Cc1ccccc1C=CCO[C@H]1O[C@H](CO)[C@H](O)[C@H](O)[C@H]1O)O[C@@H]2[C@H]1OC2(Cc4ccccc4C2)O[C@H]13. The van der Waals surface area contributed by atoms with Crippen LogP contribution < -0.4 is 5.32 Å². The molecule has 5 saturated heterocycles. The van der Waals surface area contributed by atoms with Crippen LogP contribution in [0.4, 0.5) is 0 Å². The molecule has 19 nitrogen and oxygen atoms in total. The molecule has 67 heavy (non-hydrogen) atoms. The molecule has 0 unspecified atom stereocenters. The number of carbonyl (C=O) groups excluding carboxylic acids is 4. The fourth-order valence-corrected chi connectivity index (χ4v) is 11.0. The van der Waals surface area contributed by atoms with E-state index in [2.05, 4.69) is 5.32 Å². The first-order valence-electron chi connectivity index (χ1n) is 23.2. The number of nitrogens with zero attached hydrogens (tertiary/aromatic N) is 2. The smallest absolute Gasteiger partial charge is 0.327 e. The summed E-state index contributed by atoms with van der Waals surface area (Å²) in [4.78, 5) is 65.2. The highest BCUT2D eigenvalue weighted by Crippen LogP contribution is 2.59. The van der Waals surface area contributed by atoms with Crippen LogP contribution in [0, 0.1) is 5.41 Å². The first kappa shape index (κ1) is 47.7. The fraction of sp³-hybridized carbons (Fsp3) is 0.625. The van der Waals surface area contributed by atoms with Crippen LogP contribution in [0.1, 0.15) is 75.1 Å². The van der Waals surface area contributed by atoms with Crippen LogP contribution in [-0.4, -0.2) is 170 Å². The average Bonchev–Trinajstić information content (AvgIpc) is 4.09. The molecule has 5 aliphatic heterocycles. The lowest BCUT2D eigenvalue weighted by Crippen LogP contribution is -2.70. The molecule has 2 aromatic carbocycles.